The Hall–Kier alpha value is -1.79. The highest BCUT2D eigenvalue weighted by Gasteiger charge is 2.14. The van der Waals surface area contributed by atoms with Gasteiger partial charge >= 0.3 is 5.91 Å². The fourth-order valence-corrected chi connectivity index (χ4v) is 1.86. The minimum Gasteiger partial charge on any atom is -0.486 e. The SMILES string of the molecule is Cc1cc(COc2ccc(Br)cc2)oc1C(=O)NN. The van der Waals surface area contributed by atoms with Crippen LogP contribution in [0.15, 0.2) is 39.2 Å². The van der Waals surface area contributed by atoms with E-state index in [1.807, 2.05) is 29.7 Å². The number of halogens is 1. The molecule has 1 aromatic carbocycles. The number of furan rings is 1. The predicted molar refractivity (Wildman–Crippen MR) is 73.6 cm³/mol. The summed E-state index contributed by atoms with van der Waals surface area (Å²) >= 11 is 3.35. The Morgan fingerprint density at radius 3 is 2.74 bits per heavy atom. The normalized spacial score (nSPS) is 10.3. The highest BCUT2D eigenvalue weighted by atomic mass is 79.9. The van der Waals surface area contributed by atoms with E-state index in [2.05, 4.69) is 15.9 Å². The largest absolute Gasteiger partial charge is 0.486 e. The summed E-state index contributed by atoms with van der Waals surface area (Å²) in [6.45, 7) is 2.03. The Morgan fingerprint density at radius 1 is 1.42 bits per heavy atom. The van der Waals surface area contributed by atoms with Gasteiger partial charge in [0.15, 0.2) is 5.76 Å². The van der Waals surface area contributed by atoms with Crippen LogP contribution in [0.4, 0.5) is 0 Å². The molecule has 0 radical (unpaired) electrons. The number of nitrogen functional groups attached to an aromatic ring is 1. The molecule has 0 saturated carbocycles. The van der Waals surface area contributed by atoms with E-state index in [4.69, 9.17) is 15.0 Å². The number of amides is 1. The summed E-state index contributed by atoms with van der Waals surface area (Å²) in [6.07, 6.45) is 0. The van der Waals surface area contributed by atoms with Gasteiger partial charge in [-0.15, -0.1) is 0 Å². The van der Waals surface area contributed by atoms with E-state index in [0.717, 1.165) is 15.8 Å². The van der Waals surface area contributed by atoms with Crippen molar-refractivity contribution in [2.24, 2.45) is 5.84 Å². The lowest BCUT2D eigenvalue weighted by atomic mass is 10.2. The van der Waals surface area contributed by atoms with Gasteiger partial charge in [-0.25, -0.2) is 5.84 Å². The number of aryl methyl sites for hydroxylation is 1. The maximum Gasteiger partial charge on any atom is 0.301 e. The van der Waals surface area contributed by atoms with E-state index in [1.54, 1.807) is 13.0 Å². The minimum absolute atomic E-state index is 0.205. The topological polar surface area (TPSA) is 77.5 Å². The molecule has 100 valence electrons. The van der Waals surface area contributed by atoms with Crippen molar-refractivity contribution < 1.29 is 13.9 Å². The number of hydrogen-bond acceptors (Lipinski definition) is 4. The molecule has 0 atom stereocenters. The zero-order valence-corrected chi connectivity index (χ0v) is 11.9. The molecule has 0 aliphatic heterocycles. The van der Waals surface area contributed by atoms with Crippen molar-refractivity contribution in [2.45, 2.75) is 13.5 Å². The van der Waals surface area contributed by atoms with Crippen molar-refractivity contribution in [3.8, 4) is 5.75 Å². The standard InChI is InChI=1S/C13H13BrN2O3/c1-8-6-11(19-12(8)13(17)16-15)7-18-10-4-2-9(14)3-5-10/h2-6H,7,15H2,1H3,(H,16,17). The number of benzene rings is 1. The Labute approximate surface area is 118 Å². The number of nitrogens with two attached hydrogens (primary N) is 1. The first-order valence-electron chi connectivity index (χ1n) is 5.59. The number of ether oxygens (including phenoxy) is 1. The smallest absolute Gasteiger partial charge is 0.301 e. The number of hydrogen-bond donors (Lipinski definition) is 2. The third-order valence-corrected chi connectivity index (χ3v) is 3.03. The van der Waals surface area contributed by atoms with Crippen molar-refractivity contribution in [3.63, 3.8) is 0 Å². The highest BCUT2D eigenvalue weighted by Crippen LogP contribution is 2.19. The van der Waals surface area contributed by atoms with Gasteiger partial charge in [-0.3, -0.25) is 10.2 Å². The van der Waals surface area contributed by atoms with E-state index < -0.39 is 5.91 Å². The lowest BCUT2D eigenvalue weighted by molar-refractivity contribution is 0.0921. The molecule has 1 aromatic heterocycles. The number of carbonyl (C=O) groups excluding carboxylic acids is 1. The molecule has 6 heteroatoms. The second-order valence-corrected chi connectivity index (χ2v) is 4.86. The van der Waals surface area contributed by atoms with Crippen LogP contribution in [0.1, 0.15) is 21.9 Å². The molecule has 3 N–H and O–H groups in total. The lowest BCUT2D eigenvalue weighted by Crippen LogP contribution is -2.30. The molecular weight excluding hydrogens is 312 g/mol. The Kier molecular flexibility index (Phi) is 4.24. The van der Waals surface area contributed by atoms with Crippen LogP contribution in [-0.2, 0) is 6.61 Å². The first kappa shape index (κ1) is 13.6. The molecule has 1 amide bonds. The molecule has 2 rings (SSSR count). The monoisotopic (exact) mass is 324 g/mol. The molecule has 0 bridgehead atoms. The molecule has 5 nitrogen and oxygen atoms in total. The van der Waals surface area contributed by atoms with Crippen molar-refractivity contribution in [3.05, 3.63) is 51.9 Å². The van der Waals surface area contributed by atoms with Gasteiger partial charge in [-0.1, -0.05) is 15.9 Å². The number of hydrazine groups is 1. The molecule has 0 unspecified atom stereocenters. The average molecular weight is 325 g/mol. The summed E-state index contributed by atoms with van der Waals surface area (Å²) in [5.74, 6) is 6.11. The molecule has 0 fully saturated rings. The summed E-state index contributed by atoms with van der Waals surface area (Å²) in [6, 6.07) is 9.20. The molecule has 19 heavy (non-hydrogen) atoms. The third-order valence-electron chi connectivity index (χ3n) is 2.50. The van der Waals surface area contributed by atoms with E-state index in [1.165, 1.54) is 0 Å². The molecule has 0 saturated heterocycles. The van der Waals surface area contributed by atoms with Crippen LogP contribution in [0, 0.1) is 6.92 Å². The fourth-order valence-electron chi connectivity index (χ4n) is 1.60. The van der Waals surface area contributed by atoms with Gasteiger partial charge in [0, 0.05) is 10.0 Å². The molecule has 0 spiro atoms. The van der Waals surface area contributed by atoms with Crippen molar-refractivity contribution in [1.29, 1.82) is 0 Å². The van der Waals surface area contributed by atoms with Crippen LogP contribution >= 0.6 is 15.9 Å². The quantitative estimate of drug-likeness (QED) is 0.514. The molecular formula is C13H13BrN2O3. The van der Waals surface area contributed by atoms with Crippen LogP contribution in [0.3, 0.4) is 0 Å². The van der Waals surface area contributed by atoms with E-state index >= 15 is 0 Å². The first-order valence-corrected chi connectivity index (χ1v) is 6.38. The van der Waals surface area contributed by atoms with Crippen molar-refractivity contribution in [1.82, 2.24) is 5.43 Å². The van der Waals surface area contributed by atoms with Crippen molar-refractivity contribution in [2.75, 3.05) is 0 Å². The Balaban J connectivity index is 2.04. The summed E-state index contributed by atoms with van der Waals surface area (Å²) in [7, 11) is 0. The number of nitrogens with one attached hydrogen (secondary N) is 1. The van der Waals surface area contributed by atoms with Crippen LogP contribution in [0.5, 0.6) is 5.75 Å². The summed E-state index contributed by atoms with van der Waals surface area (Å²) in [5.41, 5.74) is 2.76. The molecule has 0 aliphatic rings. The summed E-state index contributed by atoms with van der Waals surface area (Å²) in [5, 5.41) is 0. The number of rotatable bonds is 4. The lowest BCUT2D eigenvalue weighted by Gasteiger charge is -2.03. The van der Waals surface area contributed by atoms with Gasteiger partial charge in [-0.05, 0) is 37.3 Å². The second kappa shape index (κ2) is 5.90. The van der Waals surface area contributed by atoms with Crippen LogP contribution in [-0.4, -0.2) is 5.91 Å². The van der Waals surface area contributed by atoms with Gasteiger partial charge in [0.05, 0.1) is 0 Å². The summed E-state index contributed by atoms with van der Waals surface area (Å²) in [4.78, 5) is 11.4. The fraction of sp³-hybridized carbons (Fsp3) is 0.154. The highest BCUT2D eigenvalue weighted by molar-refractivity contribution is 9.10. The van der Waals surface area contributed by atoms with E-state index in [-0.39, 0.29) is 12.4 Å². The Morgan fingerprint density at radius 2 is 2.11 bits per heavy atom. The zero-order chi connectivity index (χ0) is 13.8. The van der Waals surface area contributed by atoms with Gasteiger partial charge in [0.2, 0.25) is 0 Å². The molecule has 2 aromatic rings. The maximum absolute atomic E-state index is 11.4. The van der Waals surface area contributed by atoms with E-state index in [9.17, 15) is 4.79 Å². The predicted octanol–water partition coefficient (Wildman–Crippen LogP) is 2.53. The van der Waals surface area contributed by atoms with Crippen LogP contribution < -0.4 is 16.0 Å². The molecule has 1 heterocycles. The molecule has 0 aliphatic carbocycles. The average Bonchev–Trinajstić information content (AvgIpc) is 2.78. The van der Waals surface area contributed by atoms with Gasteiger partial charge in [0.25, 0.3) is 0 Å². The van der Waals surface area contributed by atoms with Gasteiger partial charge in [-0.2, -0.15) is 0 Å². The van der Waals surface area contributed by atoms with Crippen LogP contribution in [0.2, 0.25) is 0 Å². The third kappa shape index (κ3) is 3.36. The van der Waals surface area contributed by atoms with Crippen molar-refractivity contribution >= 4 is 21.8 Å². The van der Waals surface area contributed by atoms with Gasteiger partial charge < -0.3 is 9.15 Å². The maximum atomic E-state index is 11.4. The van der Waals surface area contributed by atoms with E-state index in [0.29, 0.717) is 5.76 Å². The zero-order valence-electron chi connectivity index (χ0n) is 10.3. The first-order chi connectivity index (χ1) is 9.10. The minimum atomic E-state index is -0.451. The number of carbonyl (C=O) groups is 1. The van der Waals surface area contributed by atoms with Crippen LogP contribution in [0.25, 0.3) is 0 Å². The summed E-state index contributed by atoms with van der Waals surface area (Å²) < 4.78 is 11.9. The second-order valence-electron chi connectivity index (χ2n) is 3.94. The van der Waals surface area contributed by atoms with Gasteiger partial charge in [0.1, 0.15) is 18.1 Å². The Bertz CT molecular complexity index is 578.